The molecule has 1 fully saturated rings. The molecule has 0 bridgehead atoms. The molecule has 1 N–H and O–H groups in total. The smallest absolute Gasteiger partial charge is 0.276 e. The number of aryl methyl sites for hydroxylation is 3. The monoisotopic (exact) mass is 399 g/mol. The molecule has 0 saturated carbocycles. The number of carbonyl (C=O) groups excluding carboxylic acids is 2. The average Bonchev–Trinajstić information content (AvgIpc) is 3.13. The summed E-state index contributed by atoms with van der Waals surface area (Å²) in [6.45, 7) is 7.53. The molecule has 1 aromatic carbocycles. The zero-order valence-electron chi connectivity index (χ0n) is 17.4. The minimum absolute atomic E-state index is 0.0343. The van der Waals surface area contributed by atoms with Gasteiger partial charge in [-0.1, -0.05) is 23.4 Å². The molecule has 7 heteroatoms. The largest absolute Gasteiger partial charge is 0.493 e. The van der Waals surface area contributed by atoms with E-state index in [1.807, 2.05) is 32.0 Å². The van der Waals surface area contributed by atoms with Crippen LogP contribution in [0.4, 0.5) is 0 Å². The minimum Gasteiger partial charge on any atom is -0.493 e. The Labute approximate surface area is 171 Å². The van der Waals surface area contributed by atoms with Crippen LogP contribution in [0.25, 0.3) is 0 Å². The molecule has 2 heterocycles. The molecule has 7 nitrogen and oxygen atoms in total. The second-order valence-electron chi connectivity index (χ2n) is 7.63. The number of hydrogen-bond donors (Lipinski definition) is 1. The first-order valence-corrected chi connectivity index (χ1v) is 10.1. The zero-order valence-corrected chi connectivity index (χ0v) is 17.4. The van der Waals surface area contributed by atoms with Gasteiger partial charge in [-0.05, 0) is 51.2 Å². The molecular formula is C22H29N3O4. The van der Waals surface area contributed by atoms with Gasteiger partial charge in [0.15, 0.2) is 5.69 Å². The summed E-state index contributed by atoms with van der Waals surface area (Å²) in [5, 5.41) is 6.86. The fourth-order valence-corrected chi connectivity index (χ4v) is 3.59. The van der Waals surface area contributed by atoms with Crippen molar-refractivity contribution in [3.8, 4) is 5.75 Å². The molecule has 156 valence electrons. The Morgan fingerprint density at radius 1 is 1.21 bits per heavy atom. The van der Waals surface area contributed by atoms with Crippen LogP contribution < -0.4 is 10.1 Å². The Bertz CT molecular complexity index is 833. The highest BCUT2D eigenvalue weighted by atomic mass is 16.5. The van der Waals surface area contributed by atoms with Crippen LogP contribution in [0.15, 0.2) is 28.8 Å². The lowest BCUT2D eigenvalue weighted by Crippen LogP contribution is -2.46. The predicted molar refractivity (Wildman–Crippen MR) is 109 cm³/mol. The molecule has 0 radical (unpaired) electrons. The molecular weight excluding hydrogens is 370 g/mol. The quantitative estimate of drug-likeness (QED) is 0.723. The van der Waals surface area contributed by atoms with E-state index in [1.54, 1.807) is 17.9 Å². The zero-order chi connectivity index (χ0) is 20.8. The van der Waals surface area contributed by atoms with E-state index in [1.165, 1.54) is 0 Å². The first-order chi connectivity index (χ1) is 13.9. The van der Waals surface area contributed by atoms with Crippen LogP contribution in [0.5, 0.6) is 5.75 Å². The van der Waals surface area contributed by atoms with E-state index < -0.39 is 0 Å². The maximum atomic E-state index is 12.4. The van der Waals surface area contributed by atoms with Crippen LogP contribution in [0.2, 0.25) is 0 Å². The van der Waals surface area contributed by atoms with Gasteiger partial charge in [-0.15, -0.1) is 0 Å². The highest BCUT2D eigenvalue weighted by Crippen LogP contribution is 2.22. The molecule has 2 aromatic rings. The van der Waals surface area contributed by atoms with Crippen LogP contribution in [0.1, 0.15) is 53.1 Å². The van der Waals surface area contributed by atoms with Gasteiger partial charge in [-0.25, -0.2) is 0 Å². The van der Waals surface area contributed by atoms with E-state index in [0.717, 1.165) is 29.7 Å². The second kappa shape index (κ2) is 9.58. The van der Waals surface area contributed by atoms with Crippen molar-refractivity contribution in [2.45, 2.75) is 52.5 Å². The average molecular weight is 399 g/mol. The van der Waals surface area contributed by atoms with Crippen LogP contribution in [0, 0.1) is 20.8 Å². The number of para-hydroxylation sites is 1. The fourth-order valence-electron chi connectivity index (χ4n) is 3.59. The number of piperidine rings is 1. The molecule has 1 saturated heterocycles. The van der Waals surface area contributed by atoms with E-state index in [-0.39, 0.29) is 17.9 Å². The Morgan fingerprint density at radius 3 is 2.52 bits per heavy atom. The highest BCUT2D eigenvalue weighted by Gasteiger charge is 2.26. The molecule has 3 rings (SSSR count). The summed E-state index contributed by atoms with van der Waals surface area (Å²) in [5.74, 6) is 1.45. The molecule has 29 heavy (non-hydrogen) atoms. The summed E-state index contributed by atoms with van der Waals surface area (Å²) < 4.78 is 10.8. The molecule has 1 aliphatic rings. The second-order valence-corrected chi connectivity index (χ2v) is 7.63. The topological polar surface area (TPSA) is 84.7 Å². The summed E-state index contributed by atoms with van der Waals surface area (Å²) in [7, 11) is 0. The van der Waals surface area contributed by atoms with Crippen LogP contribution in [-0.2, 0) is 4.79 Å². The third-order valence-electron chi connectivity index (χ3n) is 5.20. The molecule has 0 atom stereocenters. The van der Waals surface area contributed by atoms with Gasteiger partial charge < -0.3 is 19.5 Å². The molecule has 0 aliphatic carbocycles. The van der Waals surface area contributed by atoms with Gasteiger partial charge in [0.1, 0.15) is 11.5 Å². The van der Waals surface area contributed by atoms with Crippen molar-refractivity contribution in [1.82, 2.24) is 15.4 Å². The maximum absolute atomic E-state index is 12.4. The van der Waals surface area contributed by atoms with Crippen molar-refractivity contribution < 1.29 is 18.8 Å². The van der Waals surface area contributed by atoms with Gasteiger partial charge in [-0.3, -0.25) is 9.59 Å². The maximum Gasteiger partial charge on any atom is 0.276 e. The van der Waals surface area contributed by atoms with Crippen LogP contribution in [-0.4, -0.2) is 47.6 Å². The number of likely N-dealkylation sites (tertiary alicyclic amines) is 1. The summed E-state index contributed by atoms with van der Waals surface area (Å²) in [5.41, 5.74) is 2.56. The van der Waals surface area contributed by atoms with Crippen LogP contribution >= 0.6 is 0 Å². The summed E-state index contributed by atoms with van der Waals surface area (Å²) in [4.78, 5) is 26.4. The standard InChI is InChI=1S/C22H29N3O4/c1-15-6-4-7-16(2)21(15)28-13-5-8-20(26)23-18-9-11-25(12-10-18)22(27)19-14-17(3)29-24-19/h4,6-7,14,18H,5,8-13H2,1-3H3,(H,23,26). The van der Waals surface area contributed by atoms with Gasteiger partial charge in [0.2, 0.25) is 5.91 Å². The normalized spacial score (nSPS) is 14.7. The minimum atomic E-state index is -0.115. The van der Waals surface area contributed by atoms with Gasteiger partial charge in [0, 0.05) is 31.6 Å². The summed E-state index contributed by atoms with van der Waals surface area (Å²) in [6.07, 6.45) is 2.59. The third-order valence-corrected chi connectivity index (χ3v) is 5.20. The lowest BCUT2D eigenvalue weighted by Gasteiger charge is -2.31. The Kier molecular flexibility index (Phi) is 6.90. The lowest BCUT2D eigenvalue weighted by atomic mass is 10.0. The van der Waals surface area contributed by atoms with Crippen molar-refractivity contribution in [1.29, 1.82) is 0 Å². The number of carbonyl (C=O) groups is 2. The predicted octanol–water partition coefficient (Wildman–Crippen LogP) is 3.18. The number of aromatic nitrogens is 1. The van der Waals surface area contributed by atoms with Crippen molar-refractivity contribution in [2.24, 2.45) is 0 Å². The molecule has 2 amide bonds. The summed E-state index contributed by atoms with van der Waals surface area (Å²) >= 11 is 0. The number of hydrogen-bond acceptors (Lipinski definition) is 5. The number of amides is 2. The van der Waals surface area contributed by atoms with E-state index >= 15 is 0 Å². The highest BCUT2D eigenvalue weighted by molar-refractivity contribution is 5.92. The Balaban J connectivity index is 1.35. The van der Waals surface area contributed by atoms with Crippen molar-refractivity contribution in [2.75, 3.05) is 19.7 Å². The molecule has 0 unspecified atom stereocenters. The van der Waals surface area contributed by atoms with Crippen molar-refractivity contribution >= 4 is 11.8 Å². The van der Waals surface area contributed by atoms with Crippen molar-refractivity contribution in [3.63, 3.8) is 0 Å². The van der Waals surface area contributed by atoms with Gasteiger partial charge in [-0.2, -0.15) is 0 Å². The molecule has 1 aromatic heterocycles. The number of nitrogens with one attached hydrogen (secondary N) is 1. The van der Waals surface area contributed by atoms with E-state index in [0.29, 0.717) is 44.0 Å². The number of rotatable bonds is 7. The SMILES string of the molecule is Cc1cc(C(=O)N2CCC(NC(=O)CCCOc3c(C)cccc3C)CC2)no1. The number of nitrogens with zero attached hydrogens (tertiary/aromatic N) is 2. The summed E-state index contributed by atoms with van der Waals surface area (Å²) in [6, 6.07) is 7.81. The van der Waals surface area contributed by atoms with E-state index in [9.17, 15) is 9.59 Å². The van der Waals surface area contributed by atoms with Crippen LogP contribution in [0.3, 0.4) is 0 Å². The first kappa shape index (κ1) is 20.9. The Morgan fingerprint density at radius 2 is 1.90 bits per heavy atom. The molecule has 1 aliphatic heterocycles. The Hall–Kier alpha value is -2.83. The lowest BCUT2D eigenvalue weighted by molar-refractivity contribution is -0.122. The van der Waals surface area contributed by atoms with E-state index in [4.69, 9.17) is 9.26 Å². The van der Waals surface area contributed by atoms with E-state index in [2.05, 4.69) is 10.5 Å². The van der Waals surface area contributed by atoms with Gasteiger partial charge in [0.25, 0.3) is 5.91 Å². The molecule has 0 spiro atoms. The third kappa shape index (κ3) is 5.59. The van der Waals surface area contributed by atoms with Gasteiger partial charge in [0.05, 0.1) is 6.61 Å². The number of ether oxygens (including phenoxy) is 1. The van der Waals surface area contributed by atoms with Gasteiger partial charge >= 0.3 is 0 Å². The first-order valence-electron chi connectivity index (χ1n) is 10.1. The fraction of sp³-hybridized carbons (Fsp3) is 0.500. The van der Waals surface area contributed by atoms with Crippen molar-refractivity contribution in [3.05, 3.63) is 46.8 Å². The number of benzene rings is 1.